The fourth-order valence-electron chi connectivity index (χ4n) is 2.84. The highest BCUT2D eigenvalue weighted by molar-refractivity contribution is 5.84. The summed E-state index contributed by atoms with van der Waals surface area (Å²) in [5, 5.41) is 0. The van der Waals surface area contributed by atoms with Crippen LogP contribution in [0, 0.1) is 0 Å². The lowest BCUT2D eigenvalue weighted by molar-refractivity contribution is -0.130. The molecule has 0 bridgehead atoms. The topological polar surface area (TPSA) is 43.9 Å². The summed E-state index contributed by atoms with van der Waals surface area (Å²) >= 11 is 0. The Hall–Kier alpha value is -1.26. The Kier molecular flexibility index (Phi) is 5.05. The minimum absolute atomic E-state index is 0.00875. The van der Waals surface area contributed by atoms with Crippen LogP contribution < -0.4 is 0 Å². The second kappa shape index (κ2) is 6.78. The van der Waals surface area contributed by atoms with Crippen molar-refractivity contribution in [2.75, 3.05) is 39.8 Å². The highest BCUT2D eigenvalue weighted by Gasteiger charge is 2.24. The predicted octanol–water partition coefficient (Wildman–Crippen LogP) is 1.54. The molecule has 2 fully saturated rings. The molecule has 0 atom stereocenters. The smallest absolute Gasteiger partial charge is 0.320 e. The van der Waals surface area contributed by atoms with Gasteiger partial charge in [-0.05, 0) is 25.7 Å². The highest BCUT2D eigenvalue weighted by Crippen LogP contribution is 2.12. The standard InChI is InChI=1S/C14H25N3O2/c1-15(12-13(18)16-8-6-7-9-16)14(19)17-10-4-2-3-5-11-17/h2-12H2,1H3. The third kappa shape index (κ3) is 3.85. The molecule has 0 aromatic heterocycles. The summed E-state index contributed by atoms with van der Waals surface area (Å²) in [6.07, 6.45) is 6.77. The summed E-state index contributed by atoms with van der Waals surface area (Å²) in [5.41, 5.74) is 0. The summed E-state index contributed by atoms with van der Waals surface area (Å²) in [6.45, 7) is 3.59. The SMILES string of the molecule is CN(CC(=O)N1CCCC1)C(=O)N1CCCCCC1. The molecule has 108 valence electrons. The normalized spacial score (nSPS) is 20.3. The van der Waals surface area contributed by atoms with E-state index in [-0.39, 0.29) is 18.5 Å². The Morgan fingerprint density at radius 1 is 0.842 bits per heavy atom. The molecule has 0 aromatic carbocycles. The van der Waals surface area contributed by atoms with Gasteiger partial charge < -0.3 is 14.7 Å². The molecule has 0 aromatic rings. The first kappa shape index (κ1) is 14.2. The molecule has 0 saturated carbocycles. The number of hydrogen-bond acceptors (Lipinski definition) is 2. The molecule has 19 heavy (non-hydrogen) atoms. The number of amides is 3. The number of carbonyl (C=O) groups is 2. The summed E-state index contributed by atoms with van der Waals surface area (Å²) in [6, 6.07) is 0.00875. The van der Waals surface area contributed by atoms with Crippen LogP contribution in [-0.4, -0.2) is 66.4 Å². The third-order valence-electron chi connectivity index (χ3n) is 4.03. The number of likely N-dealkylation sites (N-methyl/N-ethyl adjacent to an activating group) is 1. The maximum Gasteiger partial charge on any atom is 0.320 e. The van der Waals surface area contributed by atoms with Gasteiger partial charge in [-0.25, -0.2) is 4.79 Å². The molecule has 3 amide bonds. The van der Waals surface area contributed by atoms with Crippen molar-refractivity contribution >= 4 is 11.9 Å². The van der Waals surface area contributed by atoms with Crippen LogP contribution in [0.25, 0.3) is 0 Å². The van der Waals surface area contributed by atoms with E-state index in [1.807, 2.05) is 9.80 Å². The Labute approximate surface area is 115 Å². The number of nitrogens with zero attached hydrogens (tertiary/aromatic N) is 3. The zero-order valence-electron chi connectivity index (χ0n) is 11.9. The first-order chi connectivity index (χ1) is 9.18. The summed E-state index contributed by atoms with van der Waals surface area (Å²) in [4.78, 5) is 29.6. The first-order valence-corrected chi connectivity index (χ1v) is 7.46. The molecule has 0 aliphatic carbocycles. The van der Waals surface area contributed by atoms with Gasteiger partial charge in [0.25, 0.3) is 0 Å². The van der Waals surface area contributed by atoms with E-state index in [1.165, 1.54) is 12.8 Å². The second-order valence-electron chi connectivity index (χ2n) is 5.63. The molecular weight excluding hydrogens is 242 g/mol. The number of rotatable bonds is 2. The van der Waals surface area contributed by atoms with Crippen molar-refractivity contribution in [1.29, 1.82) is 0 Å². The molecule has 5 nitrogen and oxygen atoms in total. The molecule has 2 saturated heterocycles. The van der Waals surface area contributed by atoms with Crippen LogP contribution in [0.5, 0.6) is 0 Å². The maximum absolute atomic E-state index is 12.3. The molecule has 0 spiro atoms. The van der Waals surface area contributed by atoms with Crippen molar-refractivity contribution in [3.63, 3.8) is 0 Å². The molecule has 0 N–H and O–H groups in total. The van der Waals surface area contributed by atoms with E-state index >= 15 is 0 Å². The molecule has 2 rings (SSSR count). The maximum atomic E-state index is 12.3. The molecular formula is C14H25N3O2. The van der Waals surface area contributed by atoms with Crippen LogP contribution >= 0.6 is 0 Å². The van der Waals surface area contributed by atoms with Gasteiger partial charge >= 0.3 is 6.03 Å². The number of urea groups is 1. The minimum Gasteiger partial charge on any atom is -0.341 e. The van der Waals surface area contributed by atoms with Gasteiger partial charge in [-0.1, -0.05) is 12.8 Å². The van der Waals surface area contributed by atoms with E-state index < -0.39 is 0 Å². The number of hydrogen-bond donors (Lipinski definition) is 0. The highest BCUT2D eigenvalue weighted by atomic mass is 16.2. The van der Waals surface area contributed by atoms with Crippen molar-refractivity contribution < 1.29 is 9.59 Å². The fraction of sp³-hybridized carbons (Fsp3) is 0.857. The van der Waals surface area contributed by atoms with Crippen LogP contribution in [0.1, 0.15) is 38.5 Å². The van der Waals surface area contributed by atoms with Crippen molar-refractivity contribution in [2.24, 2.45) is 0 Å². The summed E-state index contributed by atoms with van der Waals surface area (Å²) in [5.74, 6) is 0.0863. The lowest BCUT2D eigenvalue weighted by Gasteiger charge is -2.28. The Morgan fingerprint density at radius 3 is 1.89 bits per heavy atom. The van der Waals surface area contributed by atoms with Gasteiger partial charge in [-0.15, -0.1) is 0 Å². The van der Waals surface area contributed by atoms with Gasteiger partial charge in [0.2, 0.25) is 5.91 Å². The van der Waals surface area contributed by atoms with Gasteiger partial charge in [0.1, 0.15) is 6.54 Å². The van der Waals surface area contributed by atoms with Crippen molar-refractivity contribution in [3.05, 3.63) is 0 Å². The molecule has 2 aliphatic heterocycles. The van der Waals surface area contributed by atoms with Crippen LogP contribution in [-0.2, 0) is 4.79 Å². The van der Waals surface area contributed by atoms with Crippen LogP contribution in [0.15, 0.2) is 0 Å². The first-order valence-electron chi connectivity index (χ1n) is 7.46. The molecule has 0 unspecified atom stereocenters. The largest absolute Gasteiger partial charge is 0.341 e. The Bertz CT molecular complexity index is 319. The molecule has 2 heterocycles. The average Bonchev–Trinajstić information content (AvgIpc) is 2.81. The summed E-state index contributed by atoms with van der Waals surface area (Å²) in [7, 11) is 1.74. The molecule has 5 heteroatoms. The van der Waals surface area contributed by atoms with E-state index in [2.05, 4.69) is 0 Å². The van der Waals surface area contributed by atoms with E-state index in [0.717, 1.165) is 51.9 Å². The van der Waals surface area contributed by atoms with Crippen molar-refractivity contribution in [1.82, 2.24) is 14.7 Å². The number of carbonyl (C=O) groups excluding carboxylic acids is 2. The minimum atomic E-state index is 0.00875. The molecule has 2 aliphatic rings. The monoisotopic (exact) mass is 267 g/mol. The average molecular weight is 267 g/mol. The summed E-state index contributed by atoms with van der Waals surface area (Å²) < 4.78 is 0. The van der Waals surface area contributed by atoms with E-state index in [0.29, 0.717) is 0 Å². The van der Waals surface area contributed by atoms with E-state index in [9.17, 15) is 9.59 Å². The second-order valence-corrected chi connectivity index (χ2v) is 5.63. The van der Waals surface area contributed by atoms with Crippen molar-refractivity contribution in [2.45, 2.75) is 38.5 Å². The number of likely N-dealkylation sites (tertiary alicyclic amines) is 2. The molecule has 0 radical (unpaired) electrons. The zero-order valence-corrected chi connectivity index (χ0v) is 11.9. The fourth-order valence-corrected chi connectivity index (χ4v) is 2.84. The zero-order chi connectivity index (χ0) is 13.7. The lowest BCUT2D eigenvalue weighted by atomic mass is 10.2. The van der Waals surface area contributed by atoms with Gasteiger partial charge in [0.15, 0.2) is 0 Å². The van der Waals surface area contributed by atoms with Gasteiger partial charge in [-0.3, -0.25) is 4.79 Å². The predicted molar refractivity (Wildman–Crippen MR) is 73.9 cm³/mol. The van der Waals surface area contributed by atoms with Crippen LogP contribution in [0.4, 0.5) is 4.79 Å². The lowest BCUT2D eigenvalue weighted by Crippen LogP contribution is -2.46. The van der Waals surface area contributed by atoms with Crippen LogP contribution in [0.2, 0.25) is 0 Å². The Morgan fingerprint density at radius 2 is 1.32 bits per heavy atom. The van der Waals surface area contributed by atoms with E-state index in [1.54, 1.807) is 11.9 Å². The van der Waals surface area contributed by atoms with Gasteiger partial charge in [0, 0.05) is 33.2 Å². The van der Waals surface area contributed by atoms with Gasteiger partial charge in [-0.2, -0.15) is 0 Å². The van der Waals surface area contributed by atoms with E-state index in [4.69, 9.17) is 0 Å². The van der Waals surface area contributed by atoms with Gasteiger partial charge in [0.05, 0.1) is 0 Å². The third-order valence-corrected chi connectivity index (χ3v) is 4.03. The van der Waals surface area contributed by atoms with Crippen molar-refractivity contribution in [3.8, 4) is 0 Å². The van der Waals surface area contributed by atoms with Crippen LogP contribution in [0.3, 0.4) is 0 Å². The quantitative estimate of drug-likeness (QED) is 0.761. The Balaban J connectivity index is 1.82.